The Morgan fingerprint density at radius 2 is 1.59 bits per heavy atom. The standard InChI is InChI=1S/C15H12N2/c1-11-6-2-3-7-12(11)15-13-8-4-5-9-14(13)16-10-17-15/h2-10H,1H3. The van der Waals surface area contributed by atoms with Crippen LogP contribution in [-0.4, -0.2) is 9.97 Å². The van der Waals surface area contributed by atoms with Gasteiger partial charge in [0.1, 0.15) is 6.33 Å². The largest absolute Gasteiger partial charge is 0.236 e. The molecule has 0 amide bonds. The molecule has 0 aliphatic heterocycles. The highest BCUT2D eigenvalue weighted by Gasteiger charge is 2.07. The molecule has 0 aliphatic carbocycles. The number of hydrogen-bond donors (Lipinski definition) is 0. The third-order valence-corrected chi connectivity index (χ3v) is 2.94. The molecule has 17 heavy (non-hydrogen) atoms. The van der Waals surface area contributed by atoms with Crippen LogP contribution in [0.4, 0.5) is 0 Å². The summed E-state index contributed by atoms with van der Waals surface area (Å²) in [6, 6.07) is 16.4. The Hall–Kier alpha value is -2.22. The molecule has 2 aromatic carbocycles. The Kier molecular flexibility index (Phi) is 2.33. The van der Waals surface area contributed by atoms with Gasteiger partial charge in [-0.1, -0.05) is 42.5 Å². The number of fused-ring (bicyclic) bond motifs is 1. The van der Waals surface area contributed by atoms with Gasteiger partial charge in [0.2, 0.25) is 0 Å². The van der Waals surface area contributed by atoms with Gasteiger partial charge in [-0.05, 0) is 18.6 Å². The van der Waals surface area contributed by atoms with Gasteiger partial charge in [-0.15, -0.1) is 0 Å². The zero-order valence-corrected chi connectivity index (χ0v) is 9.59. The molecule has 1 aromatic heterocycles. The predicted octanol–water partition coefficient (Wildman–Crippen LogP) is 3.61. The Morgan fingerprint density at radius 3 is 2.47 bits per heavy atom. The van der Waals surface area contributed by atoms with Crippen molar-refractivity contribution >= 4 is 10.9 Å². The molecule has 3 rings (SSSR count). The highest BCUT2D eigenvalue weighted by atomic mass is 14.8. The Morgan fingerprint density at radius 1 is 0.824 bits per heavy atom. The van der Waals surface area contributed by atoms with E-state index in [1.54, 1.807) is 6.33 Å². The summed E-state index contributed by atoms with van der Waals surface area (Å²) >= 11 is 0. The van der Waals surface area contributed by atoms with E-state index in [2.05, 4.69) is 35.1 Å². The van der Waals surface area contributed by atoms with E-state index >= 15 is 0 Å². The lowest BCUT2D eigenvalue weighted by Crippen LogP contribution is -1.90. The minimum atomic E-state index is 0.987. The smallest absolute Gasteiger partial charge is 0.116 e. The summed E-state index contributed by atoms with van der Waals surface area (Å²) in [4.78, 5) is 8.71. The van der Waals surface area contributed by atoms with E-state index in [-0.39, 0.29) is 0 Å². The summed E-state index contributed by atoms with van der Waals surface area (Å²) in [6.07, 6.45) is 1.63. The lowest BCUT2D eigenvalue weighted by Gasteiger charge is -2.07. The highest BCUT2D eigenvalue weighted by Crippen LogP contribution is 2.27. The van der Waals surface area contributed by atoms with E-state index < -0.39 is 0 Å². The minimum Gasteiger partial charge on any atom is -0.236 e. The van der Waals surface area contributed by atoms with Crippen molar-refractivity contribution in [3.63, 3.8) is 0 Å². The van der Waals surface area contributed by atoms with Gasteiger partial charge < -0.3 is 0 Å². The second kappa shape index (κ2) is 3.98. The number of para-hydroxylation sites is 1. The van der Waals surface area contributed by atoms with Crippen molar-refractivity contribution in [3.8, 4) is 11.3 Å². The number of aromatic nitrogens is 2. The van der Waals surface area contributed by atoms with Crippen molar-refractivity contribution < 1.29 is 0 Å². The number of rotatable bonds is 1. The van der Waals surface area contributed by atoms with Crippen LogP contribution in [0.5, 0.6) is 0 Å². The van der Waals surface area contributed by atoms with Crippen LogP contribution in [0.3, 0.4) is 0 Å². The van der Waals surface area contributed by atoms with Gasteiger partial charge in [0, 0.05) is 10.9 Å². The lowest BCUT2D eigenvalue weighted by atomic mass is 10.0. The van der Waals surface area contributed by atoms with Crippen LogP contribution < -0.4 is 0 Å². The first kappa shape index (κ1) is 9.97. The molecule has 0 saturated heterocycles. The Balaban J connectivity index is 2.35. The van der Waals surface area contributed by atoms with Crippen molar-refractivity contribution in [1.82, 2.24) is 9.97 Å². The summed E-state index contributed by atoms with van der Waals surface area (Å²) < 4.78 is 0. The number of hydrogen-bond acceptors (Lipinski definition) is 2. The maximum atomic E-state index is 4.43. The van der Waals surface area contributed by atoms with Gasteiger partial charge in [-0.2, -0.15) is 0 Å². The topological polar surface area (TPSA) is 25.8 Å². The molecule has 0 fully saturated rings. The normalized spacial score (nSPS) is 10.6. The molecule has 2 nitrogen and oxygen atoms in total. The molecule has 1 heterocycles. The third kappa shape index (κ3) is 1.68. The number of benzene rings is 2. The van der Waals surface area contributed by atoms with Crippen molar-refractivity contribution in [3.05, 3.63) is 60.4 Å². The van der Waals surface area contributed by atoms with E-state index in [1.807, 2.05) is 30.3 Å². The van der Waals surface area contributed by atoms with E-state index in [4.69, 9.17) is 0 Å². The molecule has 0 radical (unpaired) electrons. The molecule has 0 N–H and O–H groups in total. The maximum Gasteiger partial charge on any atom is 0.116 e. The van der Waals surface area contributed by atoms with E-state index in [9.17, 15) is 0 Å². The van der Waals surface area contributed by atoms with Crippen LogP contribution in [0.25, 0.3) is 22.2 Å². The molecule has 0 saturated carbocycles. The molecule has 0 aliphatic rings. The van der Waals surface area contributed by atoms with Crippen molar-refractivity contribution in [2.24, 2.45) is 0 Å². The number of aryl methyl sites for hydroxylation is 1. The molecule has 0 atom stereocenters. The van der Waals surface area contributed by atoms with Crippen molar-refractivity contribution in [1.29, 1.82) is 0 Å². The fraction of sp³-hybridized carbons (Fsp3) is 0.0667. The van der Waals surface area contributed by atoms with E-state index in [0.717, 1.165) is 16.6 Å². The molecule has 3 aromatic rings. The molecule has 82 valence electrons. The number of nitrogens with zero attached hydrogens (tertiary/aromatic N) is 2. The average molecular weight is 220 g/mol. The zero-order valence-electron chi connectivity index (χ0n) is 9.59. The SMILES string of the molecule is Cc1ccccc1-c1ncnc2ccccc12. The predicted molar refractivity (Wildman–Crippen MR) is 69.7 cm³/mol. The van der Waals surface area contributed by atoms with E-state index in [1.165, 1.54) is 11.1 Å². The van der Waals surface area contributed by atoms with Crippen LogP contribution in [0.15, 0.2) is 54.9 Å². The minimum absolute atomic E-state index is 0.987. The average Bonchev–Trinajstić information content (AvgIpc) is 2.39. The van der Waals surface area contributed by atoms with Crippen LogP contribution in [-0.2, 0) is 0 Å². The molecule has 0 spiro atoms. The van der Waals surface area contributed by atoms with Gasteiger partial charge in [-0.3, -0.25) is 0 Å². The molecular formula is C15H12N2. The van der Waals surface area contributed by atoms with Gasteiger partial charge in [-0.25, -0.2) is 9.97 Å². The van der Waals surface area contributed by atoms with E-state index in [0.29, 0.717) is 0 Å². The Labute approximate surface area is 100.0 Å². The lowest BCUT2D eigenvalue weighted by molar-refractivity contribution is 1.22. The molecular weight excluding hydrogens is 208 g/mol. The fourth-order valence-corrected chi connectivity index (χ4v) is 2.06. The molecule has 0 bridgehead atoms. The summed E-state index contributed by atoms with van der Waals surface area (Å²) in [7, 11) is 0. The second-order valence-electron chi connectivity index (χ2n) is 4.05. The first-order valence-corrected chi connectivity index (χ1v) is 5.62. The third-order valence-electron chi connectivity index (χ3n) is 2.94. The van der Waals surface area contributed by atoms with Crippen molar-refractivity contribution in [2.45, 2.75) is 6.92 Å². The second-order valence-corrected chi connectivity index (χ2v) is 4.05. The summed E-state index contributed by atoms with van der Waals surface area (Å²) in [5.74, 6) is 0. The summed E-state index contributed by atoms with van der Waals surface area (Å²) in [6.45, 7) is 2.10. The summed E-state index contributed by atoms with van der Waals surface area (Å²) in [5, 5.41) is 1.10. The monoisotopic (exact) mass is 220 g/mol. The first-order chi connectivity index (χ1) is 8.36. The maximum absolute atomic E-state index is 4.43. The van der Waals surface area contributed by atoms with Gasteiger partial charge >= 0.3 is 0 Å². The first-order valence-electron chi connectivity index (χ1n) is 5.62. The van der Waals surface area contributed by atoms with Crippen LogP contribution in [0.1, 0.15) is 5.56 Å². The van der Waals surface area contributed by atoms with Crippen LogP contribution >= 0.6 is 0 Å². The fourth-order valence-electron chi connectivity index (χ4n) is 2.06. The quantitative estimate of drug-likeness (QED) is 0.626. The van der Waals surface area contributed by atoms with Gasteiger partial charge in [0.25, 0.3) is 0 Å². The Bertz CT molecular complexity index is 669. The van der Waals surface area contributed by atoms with Crippen molar-refractivity contribution in [2.75, 3.05) is 0 Å². The van der Waals surface area contributed by atoms with Crippen LogP contribution in [0.2, 0.25) is 0 Å². The van der Waals surface area contributed by atoms with Gasteiger partial charge in [0.05, 0.1) is 11.2 Å². The van der Waals surface area contributed by atoms with Gasteiger partial charge in [0.15, 0.2) is 0 Å². The molecule has 0 unspecified atom stereocenters. The summed E-state index contributed by atoms with van der Waals surface area (Å²) in [5.41, 5.74) is 4.40. The highest BCUT2D eigenvalue weighted by molar-refractivity contribution is 5.92. The molecule has 2 heteroatoms. The zero-order chi connectivity index (χ0) is 11.7. The van der Waals surface area contributed by atoms with Crippen LogP contribution in [0, 0.1) is 6.92 Å².